The second-order valence-corrected chi connectivity index (χ2v) is 2.89. The number of phenolic OH excluding ortho intramolecular Hbond substituents is 1. The number of carbonyl (C=O) groups excluding carboxylic acids is 1. The summed E-state index contributed by atoms with van der Waals surface area (Å²) in [5.74, 6) is 0.377. The second kappa shape index (κ2) is 3.38. The van der Waals surface area contributed by atoms with E-state index in [2.05, 4.69) is 0 Å². The summed E-state index contributed by atoms with van der Waals surface area (Å²) in [5, 5.41) is 9.04. The molecule has 1 aliphatic rings. The summed E-state index contributed by atoms with van der Waals surface area (Å²) in [6, 6.07) is 6.63. The second-order valence-electron chi connectivity index (χ2n) is 2.89. The minimum Gasteiger partial charge on any atom is -0.508 e. The van der Waals surface area contributed by atoms with Crippen molar-refractivity contribution in [2.75, 3.05) is 0 Å². The Morgan fingerprint density at radius 1 is 1.14 bits per heavy atom. The summed E-state index contributed by atoms with van der Waals surface area (Å²) < 4.78 is 4.84. The number of ether oxygens (including phenoxy) is 1. The highest BCUT2D eigenvalue weighted by molar-refractivity contribution is 5.87. The maximum absolute atomic E-state index is 10.7. The normalized spacial score (nSPS) is 17.4. The first-order chi connectivity index (χ1) is 6.74. The average molecular weight is 188 g/mol. The molecule has 2 rings (SSSR count). The van der Waals surface area contributed by atoms with Crippen molar-refractivity contribution in [3.8, 4) is 5.75 Å². The molecule has 1 aromatic carbocycles. The molecule has 0 radical (unpaired) electrons. The molecule has 14 heavy (non-hydrogen) atoms. The van der Waals surface area contributed by atoms with E-state index >= 15 is 0 Å². The van der Waals surface area contributed by atoms with Gasteiger partial charge < -0.3 is 9.84 Å². The van der Waals surface area contributed by atoms with E-state index in [1.807, 2.05) is 0 Å². The first-order valence-corrected chi connectivity index (χ1v) is 4.15. The first-order valence-electron chi connectivity index (χ1n) is 4.15. The third-order valence-electron chi connectivity index (χ3n) is 1.80. The highest BCUT2D eigenvalue weighted by atomic mass is 16.5. The lowest BCUT2D eigenvalue weighted by Gasteiger charge is -1.97. The fourth-order valence-electron chi connectivity index (χ4n) is 1.15. The number of cyclic esters (lactones) is 1. The predicted octanol–water partition coefficient (Wildman–Crippen LogP) is 1.85. The van der Waals surface area contributed by atoms with Gasteiger partial charge in [0.25, 0.3) is 0 Å². The molecule has 0 aliphatic carbocycles. The smallest absolute Gasteiger partial charge is 0.336 e. The Labute approximate surface area is 80.9 Å². The van der Waals surface area contributed by atoms with Gasteiger partial charge in [0.15, 0.2) is 0 Å². The van der Waals surface area contributed by atoms with Crippen LogP contribution in [0.5, 0.6) is 5.75 Å². The Kier molecular flexibility index (Phi) is 2.07. The molecule has 0 amide bonds. The summed E-state index contributed by atoms with van der Waals surface area (Å²) in [5.41, 5.74) is 0.872. The van der Waals surface area contributed by atoms with Crippen LogP contribution in [0.2, 0.25) is 0 Å². The number of aromatic hydroxyl groups is 1. The molecule has 1 heterocycles. The summed E-state index contributed by atoms with van der Waals surface area (Å²) in [6.07, 6.45) is 4.70. The molecular weight excluding hydrogens is 180 g/mol. The van der Waals surface area contributed by atoms with Gasteiger partial charge in [0.05, 0.1) is 0 Å². The number of allylic oxidation sites excluding steroid dienone is 1. The van der Waals surface area contributed by atoms with Crippen molar-refractivity contribution >= 4 is 12.0 Å². The van der Waals surface area contributed by atoms with Crippen LogP contribution >= 0.6 is 0 Å². The van der Waals surface area contributed by atoms with Crippen LogP contribution in [-0.4, -0.2) is 11.1 Å². The van der Waals surface area contributed by atoms with E-state index in [-0.39, 0.29) is 11.7 Å². The standard InChI is InChI=1S/C11H8O3/c12-9-3-1-8(2-4-9)7-10-5-6-11(13)14-10/h1-7,12H/b10-7+. The maximum atomic E-state index is 10.7. The third-order valence-corrected chi connectivity index (χ3v) is 1.80. The monoisotopic (exact) mass is 188 g/mol. The van der Waals surface area contributed by atoms with Crippen molar-refractivity contribution in [3.05, 3.63) is 47.7 Å². The Bertz CT molecular complexity index is 413. The number of hydrogen-bond donors (Lipinski definition) is 1. The van der Waals surface area contributed by atoms with Crippen molar-refractivity contribution in [1.82, 2.24) is 0 Å². The van der Waals surface area contributed by atoms with Gasteiger partial charge >= 0.3 is 5.97 Å². The summed E-state index contributed by atoms with van der Waals surface area (Å²) in [4.78, 5) is 10.7. The van der Waals surface area contributed by atoms with Crippen molar-refractivity contribution < 1.29 is 14.6 Å². The molecule has 1 N–H and O–H groups in total. The van der Waals surface area contributed by atoms with Crippen molar-refractivity contribution in [2.45, 2.75) is 0 Å². The van der Waals surface area contributed by atoms with E-state index in [1.165, 1.54) is 6.08 Å². The topological polar surface area (TPSA) is 46.5 Å². The molecule has 70 valence electrons. The van der Waals surface area contributed by atoms with Crippen LogP contribution in [-0.2, 0) is 9.53 Å². The zero-order valence-corrected chi connectivity index (χ0v) is 7.31. The van der Waals surface area contributed by atoms with Crippen LogP contribution in [0.15, 0.2) is 42.2 Å². The third kappa shape index (κ3) is 1.82. The SMILES string of the molecule is O=C1C=C/C(=C\c2ccc(O)cc2)O1. The van der Waals surface area contributed by atoms with E-state index < -0.39 is 0 Å². The molecule has 1 aliphatic heterocycles. The summed E-state index contributed by atoms with van der Waals surface area (Å²) in [6.45, 7) is 0. The van der Waals surface area contributed by atoms with E-state index in [9.17, 15) is 4.79 Å². The zero-order valence-electron chi connectivity index (χ0n) is 7.31. The molecule has 0 bridgehead atoms. The number of hydrogen-bond acceptors (Lipinski definition) is 3. The number of carbonyl (C=O) groups is 1. The largest absolute Gasteiger partial charge is 0.508 e. The van der Waals surface area contributed by atoms with Gasteiger partial charge in [-0.1, -0.05) is 12.1 Å². The maximum Gasteiger partial charge on any atom is 0.336 e. The van der Waals surface area contributed by atoms with E-state index in [0.29, 0.717) is 5.76 Å². The molecule has 0 spiro atoms. The molecular formula is C11H8O3. The van der Waals surface area contributed by atoms with Crippen LogP contribution in [0, 0.1) is 0 Å². The molecule has 0 saturated carbocycles. The van der Waals surface area contributed by atoms with Crippen LogP contribution in [0.3, 0.4) is 0 Å². The van der Waals surface area contributed by atoms with Crippen molar-refractivity contribution in [3.63, 3.8) is 0 Å². The molecule has 0 unspecified atom stereocenters. The van der Waals surface area contributed by atoms with E-state index in [1.54, 1.807) is 36.4 Å². The van der Waals surface area contributed by atoms with Crippen LogP contribution in [0.25, 0.3) is 6.08 Å². The molecule has 3 heteroatoms. The van der Waals surface area contributed by atoms with Crippen LogP contribution < -0.4 is 0 Å². The number of phenols is 1. The number of benzene rings is 1. The van der Waals surface area contributed by atoms with Gasteiger partial charge in [-0.3, -0.25) is 0 Å². The Balaban J connectivity index is 2.22. The summed E-state index contributed by atoms with van der Waals surface area (Å²) >= 11 is 0. The molecule has 0 atom stereocenters. The molecule has 3 nitrogen and oxygen atoms in total. The summed E-state index contributed by atoms with van der Waals surface area (Å²) in [7, 11) is 0. The van der Waals surface area contributed by atoms with Gasteiger partial charge in [0.2, 0.25) is 0 Å². The lowest BCUT2D eigenvalue weighted by Crippen LogP contribution is -1.89. The highest BCUT2D eigenvalue weighted by Gasteiger charge is 2.08. The van der Waals surface area contributed by atoms with Gasteiger partial charge in [-0.15, -0.1) is 0 Å². The van der Waals surface area contributed by atoms with Gasteiger partial charge in [-0.25, -0.2) is 4.79 Å². The number of rotatable bonds is 1. The molecule has 0 aromatic heterocycles. The van der Waals surface area contributed by atoms with E-state index in [0.717, 1.165) is 5.56 Å². The Morgan fingerprint density at radius 2 is 1.86 bits per heavy atom. The average Bonchev–Trinajstić information content (AvgIpc) is 2.56. The fourth-order valence-corrected chi connectivity index (χ4v) is 1.15. The quantitative estimate of drug-likeness (QED) is 0.684. The molecule has 0 saturated heterocycles. The Hall–Kier alpha value is -2.03. The minimum atomic E-state index is -0.352. The molecule has 0 fully saturated rings. The van der Waals surface area contributed by atoms with Crippen LogP contribution in [0.4, 0.5) is 0 Å². The van der Waals surface area contributed by atoms with Gasteiger partial charge in [-0.2, -0.15) is 0 Å². The lowest BCUT2D eigenvalue weighted by molar-refractivity contribution is -0.132. The lowest BCUT2D eigenvalue weighted by atomic mass is 10.2. The minimum absolute atomic E-state index is 0.214. The highest BCUT2D eigenvalue weighted by Crippen LogP contribution is 2.16. The molecule has 1 aromatic rings. The zero-order chi connectivity index (χ0) is 9.97. The number of esters is 1. The predicted molar refractivity (Wildman–Crippen MR) is 51.3 cm³/mol. The van der Waals surface area contributed by atoms with Crippen LogP contribution in [0.1, 0.15) is 5.56 Å². The Morgan fingerprint density at radius 3 is 2.43 bits per heavy atom. The van der Waals surface area contributed by atoms with Crippen molar-refractivity contribution in [2.24, 2.45) is 0 Å². The van der Waals surface area contributed by atoms with E-state index in [4.69, 9.17) is 9.84 Å². The fraction of sp³-hybridized carbons (Fsp3) is 0. The van der Waals surface area contributed by atoms with Gasteiger partial charge in [-0.05, 0) is 29.8 Å². The van der Waals surface area contributed by atoms with Gasteiger partial charge in [0, 0.05) is 6.08 Å². The first kappa shape index (κ1) is 8.56. The van der Waals surface area contributed by atoms with Crippen molar-refractivity contribution in [1.29, 1.82) is 0 Å². The van der Waals surface area contributed by atoms with Gasteiger partial charge in [0.1, 0.15) is 11.5 Å².